The molecule has 0 saturated carbocycles. The van der Waals surface area contributed by atoms with Gasteiger partial charge in [-0.1, -0.05) is 11.6 Å². The van der Waals surface area contributed by atoms with Crippen LogP contribution in [0.3, 0.4) is 0 Å². The topological polar surface area (TPSA) is 58.4 Å². The van der Waals surface area contributed by atoms with E-state index < -0.39 is 4.92 Å². The summed E-state index contributed by atoms with van der Waals surface area (Å²) in [7, 11) is 4.04. The van der Waals surface area contributed by atoms with E-state index in [2.05, 4.69) is 17.1 Å². The molecule has 6 heteroatoms. The van der Waals surface area contributed by atoms with Gasteiger partial charge < -0.3 is 10.2 Å². The molecule has 0 amide bonds. The minimum Gasteiger partial charge on any atom is -0.381 e. The lowest BCUT2D eigenvalue weighted by Crippen LogP contribution is -2.23. The number of hydrogen-bond donors (Lipinski definition) is 1. The molecule has 1 rings (SSSR count). The largest absolute Gasteiger partial charge is 0.381 e. The van der Waals surface area contributed by atoms with Crippen LogP contribution in [0.1, 0.15) is 13.3 Å². The third-order valence-electron chi connectivity index (χ3n) is 2.57. The summed E-state index contributed by atoms with van der Waals surface area (Å²) in [6.45, 7) is 3.03. The van der Waals surface area contributed by atoms with Crippen molar-refractivity contribution in [1.29, 1.82) is 0 Å². The van der Waals surface area contributed by atoms with Crippen molar-refractivity contribution in [1.82, 2.24) is 4.90 Å². The highest BCUT2D eigenvalue weighted by molar-refractivity contribution is 6.33. The first kappa shape index (κ1) is 14.7. The van der Waals surface area contributed by atoms with Gasteiger partial charge in [-0.2, -0.15) is 0 Å². The number of anilines is 1. The fourth-order valence-corrected chi connectivity index (χ4v) is 1.75. The van der Waals surface area contributed by atoms with Crippen LogP contribution in [0.4, 0.5) is 11.4 Å². The van der Waals surface area contributed by atoms with Crippen LogP contribution in [0.15, 0.2) is 18.2 Å². The number of nitro groups is 1. The molecule has 1 aromatic rings. The number of hydrogen-bond acceptors (Lipinski definition) is 4. The van der Waals surface area contributed by atoms with Crippen molar-refractivity contribution in [2.24, 2.45) is 0 Å². The third kappa shape index (κ3) is 4.50. The molecule has 0 aliphatic carbocycles. The van der Waals surface area contributed by atoms with E-state index in [1.165, 1.54) is 12.1 Å². The Kier molecular flexibility index (Phi) is 5.37. The standard InChI is InChI=1S/C12H18ClN3O2/c1-9(6-7-15(2)3)14-12-5-4-10(16(17)18)8-11(12)13/h4-5,8-9,14H,6-7H2,1-3H3. The van der Waals surface area contributed by atoms with Gasteiger partial charge in [0.25, 0.3) is 5.69 Å². The molecule has 0 fully saturated rings. The molecule has 1 N–H and O–H groups in total. The first-order valence-electron chi connectivity index (χ1n) is 5.75. The normalized spacial score (nSPS) is 12.5. The monoisotopic (exact) mass is 271 g/mol. The van der Waals surface area contributed by atoms with Gasteiger partial charge in [0.05, 0.1) is 15.6 Å². The molecule has 1 unspecified atom stereocenters. The molecular formula is C12H18ClN3O2. The molecular weight excluding hydrogens is 254 g/mol. The Labute approximate surface area is 112 Å². The molecule has 0 aliphatic heterocycles. The van der Waals surface area contributed by atoms with Crippen LogP contribution < -0.4 is 5.32 Å². The Morgan fingerprint density at radius 1 is 1.50 bits per heavy atom. The van der Waals surface area contributed by atoms with Crippen LogP contribution in [-0.4, -0.2) is 36.5 Å². The van der Waals surface area contributed by atoms with Crippen molar-refractivity contribution in [3.63, 3.8) is 0 Å². The quantitative estimate of drug-likeness (QED) is 0.638. The van der Waals surface area contributed by atoms with Crippen molar-refractivity contribution in [3.8, 4) is 0 Å². The fourth-order valence-electron chi connectivity index (χ4n) is 1.52. The second-order valence-electron chi connectivity index (χ2n) is 4.56. The Hall–Kier alpha value is -1.33. The van der Waals surface area contributed by atoms with Crippen molar-refractivity contribution >= 4 is 23.0 Å². The van der Waals surface area contributed by atoms with Crippen molar-refractivity contribution < 1.29 is 4.92 Å². The summed E-state index contributed by atoms with van der Waals surface area (Å²) in [5.74, 6) is 0. The first-order valence-corrected chi connectivity index (χ1v) is 6.13. The zero-order valence-electron chi connectivity index (χ0n) is 10.8. The van der Waals surface area contributed by atoms with E-state index in [0.29, 0.717) is 5.02 Å². The minimum atomic E-state index is -0.453. The minimum absolute atomic E-state index is 0.00601. The summed E-state index contributed by atoms with van der Waals surface area (Å²) < 4.78 is 0. The smallest absolute Gasteiger partial charge is 0.271 e. The average molecular weight is 272 g/mol. The summed E-state index contributed by atoms with van der Waals surface area (Å²) in [5, 5.41) is 14.2. The zero-order valence-corrected chi connectivity index (χ0v) is 11.6. The van der Waals surface area contributed by atoms with E-state index in [9.17, 15) is 10.1 Å². The second kappa shape index (κ2) is 6.56. The predicted octanol–water partition coefficient (Wildman–Crippen LogP) is 3.00. The van der Waals surface area contributed by atoms with Gasteiger partial charge in [-0.25, -0.2) is 0 Å². The number of nitrogens with zero attached hydrogens (tertiary/aromatic N) is 2. The van der Waals surface area contributed by atoms with Crippen LogP contribution >= 0.6 is 11.6 Å². The number of halogens is 1. The van der Waals surface area contributed by atoms with Gasteiger partial charge >= 0.3 is 0 Å². The maximum atomic E-state index is 10.6. The summed E-state index contributed by atoms with van der Waals surface area (Å²) in [4.78, 5) is 12.2. The molecule has 0 radical (unpaired) electrons. The van der Waals surface area contributed by atoms with Gasteiger partial charge in [-0.05, 0) is 40.1 Å². The molecule has 0 saturated heterocycles. The van der Waals surface area contributed by atoms with E-state index >= 15 is 0 Å². The van der Waals surface area contributed by atoms with Crippen LogP contribution in [0, 0.1) is 10.1 Å². The summed E-state index contributed by atoms with van der Waals surface area (Å²) in [5.41, 5.74) is 0.736. The van der Waals surface area contributed by atoms with E-state index in [1.807, 2.05) is 14.1 Å². The number of non-ortho nitro benzene ring substituents is 1. The van der Waals surface area contributed by atoms with Gasteiger partial charge in [0.15, 0.2) is 0 Å². The summed E-state index contributed by atoms with van der Waals surface area (Å²) >= 11 is 6.00. The Bertz CT molecular complexity index is 424. The lowest BCUT2D eigenvalue weighted by molar-refractivity contribution is -0.384. The van der Waals surface area contributed by atoms with Gasteiger partial charge in [0.1, 0.15) is 0 Å². The average Bonchev–Trinajstić information content (AvgIpc) is 2.29. The van der Waals surface area contributed by atoms with Gasteiger partial charge in [0, 0.05) is 18.2 Å². The third-order valence-corrected chi connectivity index (χ3v) is 2.89. The van der Waals surface area contributed by atoms with Crippen LogP contribution in [-0.2, 0) is 0 Å². The predicted molar refractivity (Wildman–Crippen MR) is 74.4 cm³/mol. The maximum Gasteiger partial charge on any atom is 0.271 e. The molecule has 100 valence electrons. The number of benzene rings is 1. The molecule has 5 nitrogen and oxygen atoms in total. The molecule has 0 aliphatic rings. The van der Waals surface area contributed by atoms with Crippen LogP contribution in [0.25, 0.3) is 0 Å². The molecule has 0 heterocycles. The van der Waals surface area contributed by atoms with E-state index in [1.54, 1.807) is 6.07 Å². The molecule has 18 heavy (non-hydrogen) atoms. The lowest BCUT2D eigenvalue weighted by atomic mass is 10.2. The van der Waals surface area contributed by atoms with E-state index in [4.69, 9.17) is 11.6 Å². The SMILES string of the molecule is CC(CCN(C)C)Nc1ccc([N+](=O)[O-])cc1Cl. The van der Waals surface area contributed by atoms with Crippen LogP contribution in [0.2, 0.25) is 5.02 Å². The van der Waals surface area contributed by atoms with E-state index in [-0.39, 0.29) is 11.7 Å². The fraction of sp³-hybridized carbons (Fsp3) is 0.500. The highest BCUT2D eigenvalue weighted by Gasteiger charge is 2.11. The number of rotatable bonds is 6. The van der Waals surface area contributed by atoms with Gasteiger partial charge in [0.2, 0.25) is 0 Å². The van der Waals surface area contributed by atoms with Crippen molar-refractivity contribution in [2.75, 3.05) is 26.0 Å². The van der Waals surface area contributed by atoms with Crippen molar-refractivity contribution in [2.45, 2.75) is 19.4 Å². The number of nitrogens with one attached hydrogen (secondary N) is 1. The Morgan fingerprint density at radius 2 is 2.17 bits per heavy atom. The zero-order chi connectivity index (χ0) is 13.7. The molecule has 1 atom stereocenters. The van der Waals surface area contributed by atoms with E-state index in [0.717, 1.165) is 18.7 Å². The van der Waals surface area contributed by atoms with Gasteiger partial charge in [-0.3, -0.25) is 10.1 Å². The first-order chi connectivity index (χ1) is 8.40. The molecule has 0 spiro atoms. The van der Waals surface area contributed by atoms with Crippen LogP contribution in [0.5, 0.6) is 0 Å². The second-order valence-corrected chi connectivity index (χ2v) is 4.97. The van der Waals surface area contributed by atoms with Gasteiger partial charge in [-0.15, -0.1) is 0 Å². The summed E-state index contributed by atoms with van der Waals surface area (Å²) in [6, 6.07) is 4.72. The highest BCUT2D eigenvalue weighted by Crippen LogP contribution is 2.27. The Balaban J connectivity index is 2.64. The maximum absolute atomic E-state index is 10.6. The number of nitro benzene ring substituents is 1. The molecule has 0 aromatic heterocycles. The highest BCUT2D eigenvalue weighted by atomic mass is 35.5. The summed E-state index contributed by atoms with van der Waals surface area (Å²) in [6.07, 6.45) is 0.973. The Morgan fingerprint density at radius 3 is 2.67 bits per heavy atom. The molecule has 0 bridgehead atoms. The molecule has 1 aromatic carbocycles. The van der Waals surface area contributed by atoms with Crippen molar-refractivity contribution in [3.05, 3.63) is 33.3 Å². The lowest BCUT2D eigenvalue weighted by Gasteiger charge is -2.18.